The van der Waals surface area contributed by atoms with Gasteiger partial charge in [0, 0.05) is 50.9 Å². The molecule has 2 aliphatic rings. The second kappa shape index (κ2) is 9.57. The molecule has 1 aromatic rings. The van der Waals surface area contributed by atoms with Crippen LogP contribution in [0.15, 0.2) is 48.1 Å². The van der Waals surface area contributed by atoms with Crippen LogP contribution in [0.4, 0.5) is 5.69 Å². The Morgan fingerprint density at radius 1 is 1.03 bits per heavy atom. The van der Waals surface area contributed by atoms with Gasteiger partial charge in [-0.2, -0.15) is 4.31 Å². The zero-order chi connectivity index (χ0) is 22.6. The third-order valence-electron chi connectivity index (χ3n) is 5.86. The summed E-state index contributed by atoms with van der Waals surface area (Å²) in [5.41, 5.74) is 2.44. The van der Waals surface area contributed by atoms with E-state index < -0.39 is 15.6 Å². The van der Waals surface area contributed by atoms with Gasteiger partial charge >= 0.3 is 0 Å². The van der Waals surface area contributed by atoms with Gasteiger partial charge in [0.05, 0.1) is 5.75 Å². The largest absolute Gasteiger partial charge is 0.368 e. The summed E-state index contributed by atoms with van der Waals surface area (Å²) in [6.45, 7) is 10.9. The molecule has 0 spiro atoms. The monoisotopic (exact) mass is 445 g/mol. The fourth-order valence-corrected chi connectivity index (χ4v) is 6.05. The van der Waals surface area contributed by atoms with Gasteiger partial charge in [-0.3, -0.25) is 4.79 Å². The summed E-state index contributed by atoms with van der Waals surface area (Å²) >= 11 is 0. The highest BCUT2D eigenvalue weighted by atomic mass is 32.2. The number of carbonyl (C=O) groups is 1. The average molecular weight is 446 g/mol. The highest BCUT2D eigenvalue weighted by Crippen LogP contribution is 2.26. The molecule has 1 fully saturated rings. The van der Waals surface area contributed by atoms with E-state index in [0.29, 0.717) is 6.54 Å². The molecule has 0 unspecified atom stereocenters. The van der Waals surface area contributed by atoms with Gasteiger partial charge in [-0.1, -0.05) is 30.4 Å². The summed E-state index contributed by atoms with van der Waals surface area (Å²) in [4.78, 5) is 15.7. The zero-order valence-corrected chi connectivity index (χ0v) is 20.0. The molecule has 3 rings (SSSR count). The van der Waals surface area contributed by atoms with Crippen molar-refractivity contribution in [1.29, 1.82) is 0 Å². The smallest absolute Gasteiger partial charge is 0.219 e. The normalized spacial score (nSPS) is 17.8. The van der Waals surface area contributed by atoms with Crippen LogP contribution >= 0.6 is 0 Å². The molecule has 6 nitrogen and oxygen atoms in total. The van der Waals surface area contributed by atoms with E-state index >= 15 is 0 Å². The first-order chi connectivity index (χ1) is 14.6. The zero-order valence-electron chi connectivity index (χ0n) is 19.2. The van der Waals surface area contributed by atoms with Crippen LogP contribution in [0.1, 0.15) is 46.1 Å². The number of piperazine rings is 1. The van der Waals surface area contributed by atoms with Crippen LogP contribution in [0.3, 0.4) is 0 Å². The molecule has 0 saturated carbocycles. The van der Waals surface area contributed by atoms with Crippen molar-refractivity contribution in [2.75, 3.05) is 36.8 Å². The Hall–Kier alpha value is -2.12. The third-order valence-corrected chi connectivity index (χ3v) is 7.90. The number of anilines is 1. The number of carbonyl (C=O) groups excluding carboxylic acids is 1. The molecule has 1 aromatic carbocycles. The number of hydrogen-bond acceptors (Lipinski definition) is 4. The minimum atomic E-state index is -3.46. The maximum Gasteiger partial charge on any atom is 0.219 e. The number of allylic oxidation sites excluding steroid dienone is 3. The van der Waals surface area contributed by atoms with Crippen molar-refractivity contribution < 1.29 is 13.2 Å². The van der Waals surface area contributed by atoms with Crippen molar-refractivity contribution in [3.05, 3.63) is 53.6 Å². The Morgan fingerprint density at radius 2 is 1.68 bits per heavy atom. The van der Waals surface area contributed by atoms with Gasteiger partial charge in [0.25, 0.3) is 0 Å². The summed E-state index contributed by atoms with van der Waals surface area (Å²) in [5, 5.41) is 0. The standard InChI is InChI=1S/C24H35N3O3S/c1-20(28)25-14-16-26(17-15-25)23-12-10-21(11-13-23)18-27(24(2,3)4)31(29,30)19-22-8-6-5-7-9-22/h6,8-13H,5,7,14-19H2,1-4H3. The van der Waals surface area contributed by atoms with Crippen LogP contribution in [-0.2, 0) is 21.4 Å². The fourth-order valence-electron chi connectivity index (χ4n) is 4.07. The second-order valence-electron chi connectivity index (χ2n) is 9.35. The molecule has 0 aromatic heterocycles. The first-order valence-corrected chi connectivity index (χ1v) is 12.6. The molecular formula is C24H35N3O3S. The van der Waals surface area contributed by atoms with E-state index in [0.717, 1.165) is 55.8 Å². The van der Waals surface area contributed by atoms with Gasteiger partial charge < -0.3 is 9.80 Å². The number of benzene rings is 1. The third kappa shape index (κ3) is 6.20. The molecule has 0 N–H and O–H groups in total. The number of nitrogens with zero attached hydrogens (tertiary/aromatic N) is 3. The molecule has 31 heavy (non-hydrogen) atoms. The Morgan fingerprint density at radius 3 is 2.19 bits per heavy atom. The lowest BCUT2D eigenvalue weighted by molar-refractivity contribution is -0.129. The van der Waals surface area contributed by atoms with Gasteiger partial charge in [-0.05, 0) is 56.9 Å². The van der Waals surface area contributed by atoms with Gasteiger partial charge in [0.1, 0.15) is 0 Å². The average Bonchev–Trinajstić information content (AvgIpc) is 2.72. The minimum Gasteiger partial charge on any atom is -0.368 e. The lowest BCUT2D eigenvalue weighted by atomic mass is 10.1. The summed E-state index contributed by atoms with van der Waals surface area (Å²) in [7, 11) is -3.46. The summed E-state index contributed by atoms with van der Waals surface area (Å²) in [5.74, 6) is 0.164. The summed E-state index contributed by atoms with van der Waals surface area (Å²) in [6, 6.07) is 8.14. The molecule has 1 saturated heterocycles. The summed E-state index contributed by atoms with van der Waals surface area (Å²) in [6.07, 6.45) is 7.88. The van der Waals surface area contributed by atoms with Crippen molar-refractivity contribution in [3.63, 3.8) is 0 Å². The number of rotatable bonds is 6. The van der Waals surface area contributed by atoms with Gasteiger partial charge in [-0.25, -0.2) is 8.42 Å². The highest BCUT2D eigenvalue weighted by Gasteiger charge is 2.33. The molecule has 1 aliphatic heterocycles. The molecule has 0 radical (unpaired) electrons. The molecule has 1 heterocycles. The van der Waals surface area contributed by atoms with Crippen LogP contribution < -0.4 is 4.90 Å². The van der Waals surface area contributed by atoms with Crippen LogP contribution in [-0.4, -0.2) is 61.0 Å². The molecular weight excluding hydrogens is 410 g/mol. The first kappa shape index (κ1) is 23.5. The van der Waals surface area contributed by atoms with Gasteiger partial charge in [0.15, 0.2) is 0 Å². The Bertz CT molecular complexity index is 935. The molecule has 1 aliphatic carbocycles. The van der Waals surface area contributed by atoms with E-state index in [1.165, 1.54) is 0 Å². The summed E-state index contributed by atoms with van der Waals surface area (Å²) < 4.78 is 28.1. The van der Waals surface area contributed by atoms with Gasteiger partial charge in [-0.15, -0.1) is 0 Å². The van der Waals surface area contributed by atoms with Crippen molar-refractivity contribution >= 4 is 21.6 Å². The molecule has 7 heteroatoms. The van der Waals surface area contributed by atoms with E-state index in [4.69, 9.17) is 0 Å². The highest BCUT2D eigenvalue weighted by molar-refractivity contribution is 7.89. The predicted molar refractivity (Wildman–Crippen MR) is 126 cm³/mol. The molecule has 1 amide bonds. The Balaban J connectivity index is 1.70. The van der Waals surface area contributed by atoms with Crippen LogP contribution in [0, 0.1) is 0 Å². The van der Waals surface area contributed by atoms with Crippen molar-refractivity contribution in [2.45, 2.75) is 52.6 Å². The predicted octanol–water partition coefficient (Wildman–Crippen LogP) is 3.56. The van der Waals surface area contributed by atoms with Crippen LogP contribution in [0.25, 0.3) is 0 Å². The van der Waals surface area contributed by atoms with Crippen LogP contribution in [0.2, 0.25) is 0 Å². The second-order valence-corrected chi connectivity index (χ2v) is 11.2. The lowest BCUT2D eigenvalue weighted by Gasteiger charge is -2.36. The van der Waals surface area contributed by atoms with E-state index in [1.807, 2.05) is 56.0 Å². The van der Waals surface area contributed by atoms with E-state index in [-0.39, 0.29) is 11.7 Å². The number of sulfonamides is 1. The van der Waals surface area contributed by atoms with E-state index in [9.17, 15) is 13.2 Å². The topological polar surface area (TPSA) is 60.9 Å². The van der Waals surface area contributed by atoms with Crippen molar-refractivity contribution in [1.82, 2.24) is 9.21 Å². The SMILES string of the molecule is CC(=O)N1CCN(c2ccc(CN(C(C)(C)C)S(=O)(=O)CC3=CCCC=C3)cc2)CC1. The number of hydrogen-bond donors (Lipinski definition) is 0. The molecule has 0 atom stereocenters. The quantitative estimate of drug-likeness (QED) is 0.672. The fraction of sp³-hybridized carbons (Fsp3) is 0.542. The Labute approximate surface area is 187 Å². The van der Waals surface area contributed by atoms with Gasteiger partial charge in [0.2, 0.25) is 15.9 Å². The molecule has 0 bridgehead atoms. The van der Waals surface area contributed by atoms with E-state index in [1.54, 1.807) is 11.2 Å². The molecule has 170 valence electrons. The Kier molecular flexibility index (Phi) is 7.27. The number of amides is 1. The lowest BCUT2D eigenvalue weighted by Crippen LogP contribution is -2.48. The van der Waals surface area contributed by atoms with Crippen molar-refractivity contribution in [3.8, 4) is 0 Å². The van der Waals surface area contributed by atoms with E-state index in [2.05, 4.69) is 17.0 Å². The first-order valence-electron chi connectivity index (χ1n) is 11.0. The maximum atomic E-state index is 13.3. The maximum absolute atomic E-state index is 13.3. The van der Waals surface area contributed by atoms with Crippen molar-refractivity contribution in [2.24, 2.45) is 0 Å². The van der Waals surface area contributed by atoms with Crippen LogP contribution in [0.5, 0.6) is 0 Å². The minimum absolute atomic E-state index is 0.0410.